The topological polar surface area (TPSA) is 64.0 Å². The zero-order valence-corrected chi connectivity index (χ0v) is 14.2. The Morgan fingerprint density at radius 3 is 2.54 bits per heavy atom. The molecule has 1 heterocycles. The molecule has 0 aliphatic carbocycles. The molecule has 5 nitrogen and oxygen atoms in total. The molecule has 1 aromatic heterocycles. The minimum absolute atomic E-state index is 0.112. The van der Waals surface area contributed by atoms with Crippen LogP contribution in [0.1, 0.15) is 19.9 Å². The molecular weight excluding hydrogens is 340 g/mol. The Morgan fingerprint density at radius 2 is 1.85 bits per heavy atom. The highest BCUT2D eigenvalue weighted by Crippen LogP contribution is 2.21. The summed E-state index contributed by atoms with van der Waals surface area (Å²) in [6.45, 7) is 3.58. The molecule has 1 N–H and O–H groups in total. The highest BCUT2D eigenvalue weighted by molar-refractivity contribution is 5.94. The first-order chi connectivity index (χ1) is 12.4. The Balaban J connectivity index is 1.99. The number of carbonyl (C=O) groups excluding carboxylic acids is 1. The number of halogens is 2. The van der Waals surface area contributed by atoms with E-state index in [1.165, 1.54) is 17.0 Å². The third-order valence-corrected chi connectivity index (χ3v) is 4.08. The summed E-state index contributed by atoms with van der Waals surface area (Å²) in [5.74, 6) is -2.81. The van der Waals surface area contributed by atoms with Gasteiger partial charge in [0, 0.05) is 11.8 Å². The SMILES string of the molecule is CC(C)C(C(=O)Nc1ccc(F)c(F)c1)n1cnc2ccccc2c1=O. The van der Waals surface area contributed by atoms with Gasteiger partial charge in [-0.2, -0.15) is 0 Å². The fraction of sp³-hybridized carbons (Fsp3) is 0.211. The molecule has 0 bridgehead atoms. The van der Waals surface area contributed by atoms with E-state index in [0.29, 0.717) is 10.9 Å². The van der Waals surface area contributed by atoms with Crippen molar-refractivity contribution < 1.29 is 13.6 Å². The molecule has 0 fully saturated rings. The maximum absolute atomic E-state index is 13.4. The smallest absolute Gasteiger partial charge is 0.261 e. The Bertz CT molecular complexity index is 1030. The van der Waals surface area contributed by atoms with Crippen LogP contribution in [-0.2, 0) is 4.79 Å². The molecule has 0 radical (unpaired) electrons. The van der Waals surface area contributed by atoms with Crippen molar-refractivity contribution in [1.82, 2.24) is 9.55 Å². The summed E-state index contributed by atoms with van der Waals surface area (Å²) in [6, 6.07) is 9.09. The maximum Gasteiger partial charge on any atom is 0.261 e. The van der Waals surface area contributed by atoms with Crippen LogP contribution in [0, 0.1) is 17.6 Å². The number of para-hydroxylation sites is 1. The quantitative estimate of drug-likeness (QED) is 0.777. The molecule has 3 aromatic rings. The van der Waals surface area contributed by atoms with Crippen LogP contribution < -0.4 is 10.9 Å². The third kappa shape index (κ3) is 3.33. The normalized spacial score (nSPS) is 12.3. The van der Waals surface area contributed by atoms with E-state index >= 15 is 0 Å². The molecule has 3 rings (SSSR count). The summed E-state index contributed by atoms with van der Waals surface area (Å²) >= 11 is 0. The zero-order valence-electron chi connectivity index (χ0n) is 14.2. The van der Waals surface area contributed by atoms with Crippen LogP contribution in [0.2, 0.25) is 0 Å². The standard InChI is InChI=1S/C19H17F2N3O2/c1-11(2)17(18(25)23-12-7-8-14(20)15(21)9-12)24-10-22-16-6-4-3-5-13(16)19(24)26/h3-11,17H,1-2H3,(H,23,25). The average molecular weight is 357 g/mol. The third-order valence-electron chi connectivity index (χ3n) is 4.08. The lowest BCUT2D eigenvalue weighted by Gasteiger charge is -2.22. The highest BCUT2D eigenvalue weighted by Gasteiger charge is 2.26. The molecule has 134 valence electrons. The minimum Gasteiger partial charge on any atom is -0.324 e. The number of anilines is 1. The molecule has 1 atom stereocenters. The van der Waals surface area contributed by atoms with Crippen molar-refractivity contribution in [2.45, 2.75) is 19.9 Å². The van der Waals surface area contributed by atoms with Gasteiger partial charge in [0.25, 0.3) is 5.56 Å². The molecule has 0 spiro atoms. The van der Waals surface area contributed by atoms with Crippen molar-refractivity contribution in [3.63, 3.8) is 0 Å². The molecule has 2 aromatic carbocycles. The van der Waals surface area contributed by atoms with Crippen molar-refractivity contribution in [1.29, 1.82) is 0 Å². The maximum atomic E-state index is 13.4. The number of nitrogens with one attached hydrogen (secondary N) is 1. The molecule has 26 heavy (non-hydrogen) atoms. The Morgan fingerprint density at radius 1 is 1.12 bits per heavy atom. The fourth-order valence-corrected chi connectivity index (χ4v) is 2.82. The molecular formula is C19H17F2N3O2. The monoisotopic (exact) mass is 357 g/mol. The van der Waals surface area contributed by atoms with E-state index in [-0.39, 0.29) is 17.2 Å². The number of benzene rings is 2. The van der Waals surface area contributed by atoms with Gasteiger partial charge in [0.2, 0.25) is 5.91 Å². The largest absolute Gasteiger partial charge is 0.324 e. The van der Waals surface area contributed by atoms with Gasteiger partial charge in [-0.3, -0.25) is 14.2 Å². The summed E-state index contributed by atoms with van der Waals surface area (Å²) in [5.41, 5.74) is 0.313. The van der Waals surface area contributed by atoms with E-state index in [2.05, 4.69) is 10.3 Å². The van der Waals surface area contributed by atoms with Crippen LogP contribution >= 0.6 is 0 Å². The predicted molar refractivity (Wildman–Crippen MR) is 94.9 cm³/mol. The zero-order chi connectivity index (χ0) is 18.8. The van der Waals surface area contributed by atoms with Gasteiger partial charge in [-0.15, -0.1) is 0 Å². The fourth-order valence-electron chi connectivity index (χ4n) is 2.82. The van der Waals surface area contributed by atoms with Gasteiger partial charge >= 0.3 is 0 Å². The van der Waals surface area contributed by atoms with Crippen molar-refractivity contribution in [2.24, 2.45) is 5.92 Å². The Kier molecular flexibility index (Phi) is 4.79. The first-order valence-electron chi connectivity index (χ1n) is 8.10. The van der Waals surface area contributed by atoms with Crippen molar-refractivity contribution in [2.75, 3.05) is 5.32 Å². The van der Waals surface area contributed by atoms with Crippen LogP contribution in [0.5, 0.6) is 0 Å². The van der Waals surface area contributed by atoms with Crippen LogP contribution in [0.15, 0.2) is 53.6 Å². The molecule has 1 unspecified atom stereocenters. The van der Waals surface area contributed by atoms with Crippen molar-refractivity contribution in [3.05, 3.63) is 70.8 Å². The van der Waals surface area contributed by atoms with Gasteiger partial charge in [-0.25, -0.2) is 13.8 Å². The lowest BCUT2D eigenvalue weighted by atomic mass is 10.0. The lowest BCUT2D eigenvalue weighted by Crippen LogP contribution is -2.36. The number of hydrogen-bond acceptors (Lipinski definition) is 3. The van der Waals surface area contributed by atoms with Crippen LogP contribution in [-0.4, -0.2) is 15.5 Å². The number of aromatic nitrogens is 2. The molecule has 0 saturated carbocycles. The van der Waals surface area contributed by atoms with Crippen molar-refractivity contribution in [3.8, 4) is 0 Å². The first-order valence-corrected chi connectivity index (χ1v) is 8.10. The predicted octanol–water partition coefficient (Wildman–Crippen LogP) is 3.51. The van der Waals surface area contributed by atoms with Crippen LogP contribution in [0.25, 0.3) is 10.9 Å². The molecule has 0 aliphatic heterocycles. The van der Waals surface area contributed by atoms with Gasteiger partial charge in [0.1, 0.15) is 6.04 Å². The van der Waals surface area contributed by atoms with Gasteiger partial charge in [-0.1, -0.05) is 26.0 Å². The molecule has 0 saturated heterocycles. The van der Waals surface area contributed by atoms with E-state index in [1.807, 2.05) is 0 Å². The molecule has 1 amide bonds. The minimum atomic E-state index is -1.06. The summed E-state index contributed by atoms with van der Waals surface area (Å²) in [4.78, 5) is 29.7. The summed E-state index contributed by atoms with van der Waals surface area (Å²) in [7, 11) is 0. The highest BCUT2D eigenvalue weighted by atomic mass is 19.2. The summed E-state index contributed by atoms with van der Waals surface area (Å²) in [5, 5.41) is 2.94. The Labute approximate surface area is 148 Å². The van der Waals surface area contributed by atoms with E-state index in [9.17, 15) is 18.4 Å². The van der Waals surface area contributed by atoms with Crippen LogP contribution in [0.4, 0.5) is 14.5 Å². The van der Waals surface area contributed by atoms with E-state index in [0.717, 1.165) is 12.1 Å². The summed E-state index contributed by atoms with van der Waals surface area (Å²) in [6.07, 6.45) is 1.33. The number of hydrogen-bond donors (Lipinski definition) is 1. The summed E-state index contributed by atoms with van der Waals surface area (Å²) < 4.78 is 27.7. The average Bonchev–Trinajstić information content (AvgIpc) is 2.60. The number of carbonyl (C=O) groups is 1. The van der Waals surface area contributed by atoms with E-state index < -0.39 is 23.6 Å². The first kappa shape index (κ1) is 17.7. The number of amides is 1. The molecule has 0 aliphatic rings. The second-order valence-electron chi connectivity index (χ2n) is 6.28. The van der Waals surface area contributed by atoms with Gasteiger partial charge < -0.3 is 5.32 Å². The van der Waals surface area contributed by atoms with E-state index in [4.69, 9.17) is 0 Å². The van der Waals surface area contributed by atoms with E-state index in [1.54, 1.807) is 38.1 Å². The molecule has 7 heteroatoms. The van der Waals surface area contributed by atoms with Crippen molar-refractivity contribution >= 4 is 22.5 Å². The van der Waals surface area contributed by atoms with Gasteiger partial charge in [-0.05, 0) is 30.2 Å². The van der Waals surface area contributed by atoms with Gasteiger partial charge in [0.05, 0.1) is 17.2 Å². The number of nitrogens with zero attached hydrogens (tertiary/aromatic N) is 2. The lowest BCUT2D eigenvalue weighted by molar-refractivity contribution is -0.120. The second kappa shape index (κ2) is 7.03. The van der Waals surface area contributed by atoms with Crippen LogP contribution in [0.3, 0.4) is 0 Å². The number of fused-ring (bicyclic) bond motifs is 1. The number of rotatable bonds is 4. The second-order valence-corrected chi connectivity index (χ2v) is 6.28. The van der Waals surface area contributed by atoms with Gasteiger partial charge in [0.15, 0.2) is 11.6 Å². The Hall–Kier alpha value is -3.09.